The van der Waals surface area contributed by atoms with Crippen molar-refractivity contribution in [2.24, 2.45) is 4.99 Å². The van der Waals surface area contributed by atoms with Crippen molar-refractivity contribution < 1.29 is 14.3 Å². The Morgan fingerprint density at radius 1 is 1.20 bits per heavy atom. The van der Waals surface area contributed by atoms with E-state index in [9.17, 15) is 4.79 Å². The van der Waals surface area contributed by atoms with Gasteiger partial charge in [0.15, 0.2) is 5.96 Å². The Morgan fingerprint density at radius 2 is 1.76 bits per heavy atom. The second-order valence-corrected chi connectivity index (χ2v) is 7.55. The van der Waals surface area contributed by atoms with Crippen LogP contribution in [0.25, 0.3) is 0 Å². The molecule has 0 aliphatic heterocycles. The molecule has 0 heterocycles. The minimum atomic E-state index is -0.483. The van der Waals surface area contributed by atoms with Crippen molar-refractivity contribution >= 4 is 36.0 Å². The molecule has 0 spiro atoms. The Balaban J connectivity index is 0. The molecule has 2 N–H and O–H groups in total. The Bertz CT molecular complexity index is 423. The van der Waals surface area contributed by atoms with E-state index in [0.29, 0.717) is 19.0 Å². The predicted octanol–water partition coefficient (Wildman–Crippen LogP) is 2.84. The first-order valence-electron chi connectivity index (χ1n) is 8.37. The number of hydrogen-bond acceptors (Lipinski definition) is 4. The lowest BCUT2D eigenvalue weighted by molar-refractivity contribution is 0.0228. The molecule has 150 valence electrons. The van der Waals surface area contributed by atoms with Crippen molar-refractivity contribution in [1.82, 2.24) is 15.5 Å². The largest absolute Gasteiger partial charge is 0.444 e. The molecule has 0 saturated heterocycles. The molecule has 7 nitrogen and oxygen atoms in total. The maximum atomic E-state index is 12.0. The van der Waals surface area contributed by atoms with Gasteiger partial charge in [-0.3, -0.25) is 4.99 Å². The number of nitrogens with one attached hydrogen (secondary N) is 2. The zero-order chi connectivity index (χ0) is 19.0. The highest BCUT2D eigenvalue weighted by molar-refractivity contribution is 14.0. The maximum Gasteiger partial charge on any atom is 0.410 e. The van der Waals surface area contributed by atoms with Crippen LogP contribution in [0.2, 0.25) is 0 Å². The lowest BCUT2D eigenvalue weighted by atomic mass is 10.1. The minimum absolute atomic E-state index is 0. The van der Waals surface area contributed by atoms with Gasteiger partial charge in [-0.15, -0.1) is 24.0 Å². The van der Waals surface area contributed by atoms with Gasteiger partial charge in [0.25, 0.3) is 0 Å². The number of carbonyl (C=O) groups excluding carboxylic acids is 1. The second kappa shape index (κ2) is 11.8. The molecule has 0 rings (SSSR count). The first-order chi connectivity index (χ1) is 10.9. The van der Waals surface area contributed by atoms with E-state index in [1.54, 1.807) is 26.1 Å². The van der Waals surface area contributed by atoms with E-state index in [1.807, 2.05) is 41.5 Å². The summed E-state index contributed by atoms with van der Waals surface area (Å²) in [6.07, 6.45) is 0.476. The van der Waals surface area contributed by atoms with Crippen LogP contribution in [-0.4, -0.2) is 68.5 Å². The second-order valence-electron chi connectivity index (χ2n) is 7.55. The van der Waals surface area contributed by atoms with E-state index in [4.69, 9.17) is 9.47 Å². The number of carbonyl (C=O) groups is 1. The number of methoxy groups -OCH3 is 1. The average Bonchev–Trinajstić information content (AvgIpc) is 2.47. The Hall–Kier alpha value is -0.770. The number of halogens is 1. The monoisotopic (exact) mass is 472 g/mol. The van der Waals surface area contributed by atoms with Crippen LogP contribution in [-0.2, 0) is 9.47 Å². The van der Waals surface area contributed by atoms with Crippen molar-refractivity contribution in [3.8, 4) is 0 Å². The molecule has 0 fully saturated rings. The van der Waals surface area contributed by atoms with Crippen LogP contribution in [0.3, 0.4) is 0 Å². The SMILES string of the molecule is CN=C(NCCC(C)N(C)C(=O)OC(C)(C)C)NCC(C)(C)OC.I. The summed E-state index contributed by atoms with van der Waals surface area (Å²) in [7, 11) is 5.17. The first-order valence-corrected chi connectivity index (χ1v) is 8.37. The van der Waals surface area contributed by atoms with Crippen molar-refractivity contribution in [1.29, 1.82) is 0 Å². The summed E-state index contributed by atoms with van der Waals surface area (Å²) in [5, 5.41) is 6.47. The van der Waals surface area contributed by atoms with E-state index < -0.39 is 5.60 Å². The lowest BCUT2D eigenvalue weighted by Gasteiger charge is -2.29. The number of ether oxygens (including phenoxy) is 2. The molecule has 1 amide bonds. The number of amides is 1. The number of hydrogen-bond donors (Lipinski definition) is 2. The first kappa shape index (κ1) is 26.5. The van der Waals surface area contributed by atoms with Gasteiger partial charge in [-0.2, -0.15) is 0 Å². The summed E-state index contributed by atoms with van der Waals surface area (Å²) in [6.45, 7) is 12.9. The summed E-state index contributed by atoms with van der Waals surface area (Å²) in [4.78, 5) is 17.8. The van der Waals surface area contributed by atoms with Crippen LogP contribution in [0.4, 0.5) is 4.79 Å². The highest BCUT2D eigenvalue weighted by atomic mass is 127. The van der Waals surface area contributed by atoms with E-state index in [0.717, 1.165) is 6.42 Å². The minimum Gasteiger partial charge on any atom is -0.444 e. The molecule has 1 unspecified atom stereocenters. The highest BCUT2D eigenvalue weighted by Gasteiger charge is 2.22. The molecule has 0 bridgehead atoms. The van der Waals surface area contributed by atoms with Gasteiger partial charge in [-0.05, 0) is 48.0 Å². The zero-order valence-corrected chi connectivity index (χ0v) is 19.6. The summed E-state index contributed by atoms with van der Waals surface area (Å²) < 4.78 is 10.7. The van der Waals surface area contributed by atoms with Crippen molar-refractivity contribution in [3.63, 3.8) is 0 Å². The predicted molar refractivity (Wildman–Crippen MR) is 114 cm³/mol. The Morgan fingerprint density at radius 3 is 2.20 bits per heavy atom. The van der Waals surface area contributed by atoms with Crippen LogP contribution >= 0.6 is 24.0 Å². The van der Waals surface area contributed by atoms with E-state index in [1.165, 1.54) is 0 Å². The topological polar surface area (TPSA) is 75.2 Å². The summed E-state index contributed by atoms with van der Waals surface area (Å²) >= 11 is 0. The molecular weight excluding hydrogens is 435 g/mol. The van der Waals surface area contributed by atoms with Gasteiger partial charge in [-0.1, -0.05) is 0 Å². The smallest absolute Gasteiger partial charge is 0.410 e. The molecule has 0 saturated carbocycles. The number of aliphatic imine (C=N–C) groups is 1. The molecule has 0 aromatic heterocycles. The highest BCUT2D eigenvalue weighted by Crippen LogP contribution is 2.11. The fraction of sp³-hybridized carbons (Fsp3) is 0.882. The Kier molecular flexibility index (Phi) is 12.5. The fourth-order valence-corrected chi connectivity index (χ4v) is 1.70. The van der Waals surface area contributed by atoms with Gasteiger partial charge < -0.3 is 25.0 Å². The number of rotatable bonds is 7. The third-order valence-electron chi connectivity index (χ3n) is 3.65. The molecule has 25 heavy (non-hydrogen) atoms. The van der Waals surface area contributed by atoms with Gasteiger partial charge in [0.1, 0.15) is 5.60 Å². The summed E-state index contributed by atoms with van der Waals surface area (Å²) in [6, 6.07) is 0.0564. The summed E-state index contributed by atoms with van der Waals surface area (Å²) in [5.41, 5.74) is -0.745. The quantitative estimate of drug-likeness (QED) is 0.339. The molecule has 1 atom stereocenters. The fourth-order valence-electron chi connectivity index (χ4n) is 1.70. The third-order valence-corrected chi connectivity index (χ3v) is 3.65. The summed E-state index contributed by atoms with van der Waals surface area (Å²) in [5.74, 6) is 0.715. The lowest BCUT2D eigenvalue weighted by Crippen LogP contribution is -2.46. The molecule has 0 radical (unpaired) electrons. The van der Waals surface area contributed by atoms with Crippen molar-refractivity contribution in [2.45, 2.75) is 65.2 Å². The number of nitrogens with zero attached hydrogens (tertiary/aromatic N) is 2. The average molecular weight is 472 g/mol. The van der Waals surface area contributed by atoms with Gasteiger partial charge >= 0.3 is 6.09 Å². The van der Waals surface area contributed by atoms with Crippen LogP contribution in [0, 0.1) is 0 Å². The van der Waals surface area contributed by atoms with Crippen LogP contribution < -0.4 is 10.6 Å². The van der Waals surface area contributed by atoms with Crippen molar-refractivity contribution in [3.05, 3.63) is 0 Å². The van der Waals surface area contributed by atoms with Crippen LogP contribution in [0.1, 0.15) is 48.0 Å². The molecule has 8 heteroatoms. The van der Waals surface area contributed by atoms with Crippen LogP contribution in [0.15, 0.2) is 4.99 Å². The maximum absolute atomic E-state index is 12.0. The molecule has 0 aliphatic carbocycles. The van der Waals surface area contributed by atoms with Gasteiger partial charge in [-0.25, -0.2) is 4.79 Å². The molecule has 0 aliphatic rings. The molecule has 0 aromatic carbocycles. The van der Waals surface area contributed by atoms with Gasteiger partial charge in [0, 0.05) is 40.3 Å². The Labute approximate surface area is 170 Å². The van der Waals surface area contributed by atoms with Crippen molar-refractivity contribution in [2.75, 3.05) is 34.3 Å². The third kappa shape index (κ3) is 12.3. The van der Waals surface area contributed by atoms with E-state index in [-0.39, 0.29) is 41.7 Å². The van der Waals surface area contributed by atoms with E-state index in [2.05, 4.69) is 15.6 Å². The standard InChI is InChI=1S/C17H36N4O3.HI/c1-13(21(8)15(22)24-16(2,3)4)10-11-19-14(18-7)20-12-17(5,6)23-9;/h13H,10-12H2,1-9H3,(H2,18,19,20);1H. The number of guanidine groups is 1. The van der Waals surface area contributed by atoms with Gasteiger partial charge in [0.05, 0.1) is 5.60 Å². The zero-order valence-electron chi connectivity index (χ0n) is 17.2. The van der Waals surface area contributed by atoms with E-state index >= 15 is 0 Å². The normalized spacial score (nSPS) is 13.6. The van der Waals surface area contributed by atoms with Gasteiger partial charge in [0.2, 0.25) is 0 Å². The molecular formula is C17H37IN4O3. The van der Waals surface area contributed by atoms with Crippen LogP contribution in [0.5, 0.6) is 0 Å². The molecule has 0 aromatic rings.